The maximum atomic E-state index is 11.2. The fourth-order valence-electron chi connectivity index (χ4n) is 2.48. The molecule has 0 fully saturated rings. The molecule has 0 N–H and O–H groups in total. The molecule has 0 saturated heterocycles. The van der Waals surface area contributed by atoms with Crippen LogP contribution in [0.5, 0.6) is 0 Å². The second kappa shape index (κ2) is 5.48. The largest absolute Gasteiger partial charge is 0.378 e. The van der Waals surface area contributed by atoms with Crippen molar-refractivity contribution in [1.82, 2.24) is 0 Å². The van der Waals surface area contributed by atoms with Crippen molar-refractivity contribution in [3.8, 4) is 11.1 Å². The summed E-state index contributed by atoms with van der Waals surface area (Å²) in [4.78, 5) is 12.8. The van der Waals surface area contributed by atoms with Gasteiger partial charge >= 0.3 is 0 Å². The van der Waals surface area contributed by atoms with E-state index in [0.29, 0.717) is 5.56 Å². The molecule has 0 unspecified atom stereocenters. The molecule has 0 atom stereocenters. The summed E-state index contributed by atoms with van der Waals surface area (Å²) in [6.07, 6.45) is 0. The third-order valence-corrected chi connectivity index (χ3v) is 3.66. The van der Waals surface area contributed by atoms with Gasteiger partial charge < -0.3 is 4.90 Å². The molecular weight excluding hydrogens is 276 g/mol. The van der Waals surface area contributed by atoms with Gasteiger partial charge in [-0.25, -0.2) is 0 Å². The van der Waals surface area contributed by atoms with Crippen LogP contribution in [0.15, 0.2) is 54.6 Å². The van der Waals surface area contributed by atoms with E-state index in [9.17, 15) is 10.1 Å². The number of fused-ring (bicyclic) bond motifs is 1. The minimum absolute atomic E-state index is 0.0757. The SMILES string of the molecule is CN(C)c1ccc2cc(-c3[c]cccc3[N+](=O)[O-])ccc2c1. The zero-order valence-corrected chi connectivity index (χ0v) is 12.4. The zero-order chi connectivity index (χ0) is 15.7. The molecule has 0 saturated carbocycles. The van der Waals surface area contributed by atoms with E-state index < -0.39 is 0 Å². The molecule has 3 aromatic rings. The molecule has 4 heteroatoms. The van der Waals surface area contributed by atoms with Crippen LogP contribution in [-0.2, 0) is 0 Å². The predicted molar refractivity (Wildman–Crippen MR) is 89.2 cm³/mol. The molecule has 0 aromatic heterocycles. The van der Waals surface area contributed by atoms with E-state index in [4.69, 9.17) is 0 Å². The van der Waals surface area contributed by atoms with E-state index in [-0.39, 0.29) is 10.6 Å². The number of nitro benzene ring substituents is 1. The van der Waals surface area contributed by atoms with Crippen LogP contribution in [0.2, 0.25) is 0 Å². The molecule has 22 heavy (non-hydrogen) atoms. The highest BCUT2D eigenvalue weighted by molar-refractivity contribution is 5.90. The summed E-state index contributed by atoms with van der Waals surface area (Å²) in [5, 5.41) is 13.3. The zero-order valence-electron chi connectivity index (χ0n) is 12.4. The second-order valence-electron chi connectivity index (χ2n) is 5.33. The Morgan fingerprint density at radius 3 is 2.50 bits per heavy atom. The van der Waals surface area contributed by atoms with Crippen molar-refractivity contribution >= 4 is 22.1 Å². The van der Waals surface area contributed by atoms with Crippen molar-refractivity contribution in [2.24, 2.45) is 0 Å². The highest BCUT2D eigenvalue weighted by Crippen LogP contribution is 2.32. The van der Waals surface area contributed by atoms with Gasteiger partial charge in [-0.05, 0) is 40.6 Å². The first kappa shape index (κ1) is 14.1. The first-order valence-corrected chi connectivity index (χ1v) is 6.93. The van der Waals surface area contributed by atoms with E-state index >= 15 is 0 Å². The fraction of sp³-hybridized carbons (Fsp3) is 0.111. The van der Waals surface area contributed by atoms with Gasteiger partial charge in [0.1, 0.15) is 0 Å². The molecule has 0 aliphatic rings. The molecule has 0 aliphatic heterocycles. The van der Waals surface area contributed by atoms with E-state index in [2.05, 4.69) is 12.1 Å². The third kappa shape index (κ3) is 2.51. The number of nitro groups is 1. The number of anilines is 1. The topological polar surface area (TPSA) is 46.4 Å². The maximum absolute atomic E-state index is 11.2. The monoisotopic (exact) mass is 291 g/mol. The first-order valence-electron chi connectivity index (χ1n) is 6.93. The van der Waals surface area contributed by atoms with Gasteiger partial charge in [-0.15, -0.1) is 0 Å². The van der Waals surface area contributed by atoms with Crippen LogP contribution >= 0.6 is 0 Å². The summed E-state index contributed by atoms with van der Waals surface area (Å²) < 4.78 is 0. The van der Waals surface area contributed by atoms with Gasteiger partial charge in [-0.2, -0.15) is 0 Å². The molecule has 3 aromatic carbocycles. The molecule has 3 rings (SSSR count). The van der Waals surface area contributed by atoms with Gasteiger partial charge in [0.05, 0.1) is 10.5 Å². The lowest BCUT2D eigenvalue weighted by atomic mass is 9.99. The average Bonchev–Trinajstić information content (AvgIpc) is 2.53. The van der Waals surface area contributed by atoms with Crippen LogP contribution in [-0.4, -0.2) is 19.0 Å². The van der Waals surface area contributed by atoms with Crippen LogP contribution < -0.4 is 4.90 Å². The van der Waals surface area contributed by atoms with E-state index in [1.165, 1.54) is 6.07 Å². The number of rotatable bonds is 3. The van der Waals surface area contributed by atoms with Gasteiger partial charge in [0, 0.05) is 25.8 Å². The Balaban J connectivity index is 2.14. The number of hydrogen-bond donors (Lipinski definition) is 0. The third-order valence-electron chi connectivity index (χ3n) is 3.66. The molecule has 109 valence electrons. The predicted octanol–water partition coefficient (Wildman–Crippen LogP) is 4.28. The van der Waals surface area contributed by atoms with Crippen molar-refractivity contribution < 1.29 is 4.92 Å². The second-order valence-corrected chi connectivity index (χ2v) is 5.33. The molecular formula is C18H15N2O2. The van der Waals surface area contributed by atoms with Crippen molar-refractivity contribution in [3.63, 3.8) is 0 Å². The average molecular weight is 291 g/mol. The highest BCUT2D eigenvalue weighted by atomic mass is 16.6. The lowest BCUT2D eigenvalue weighted by Crippen LogP contribution is -2.07. The van der Waals surface area contributed by atoms with Crippen LogP contribution in [0.25, 0.3) is 21.9 Å². The summed E-state index contributed by atoms with van der Waals surface area (Å²) in [5.41, 5.74) is 2.52. The Kier molecular flexibility index (Phi) is 3.51. The van der Waals surface area contributed by atoms with Gasteiger partial charge in [0.15, 0.2) is 0 Å². The Hall–Kier alpha value is -2.88. The number of benzene rings is 3. The van der Waals surface area contributed by atoms with Gasteiger partial charge in [0.25, 0.3) is 5.69 Å². The lowest BCUT2D eigenvalue weighted by Gasteiger charge is -2.13. The minimum Gasteiger partial charge on any atom is -0.378 e. The number of nitrogens with zero attached hydrogens (tertiary/aromatic N) is 2. The Bertz CT molecular complexity index is 857. The van der Waals surface area contributed by atoms with Gasteiger partial charge in [-0.1, -0.05) is 30.3 Å². The van der Waals surface area contributed by atoms with E-state index in [0.717, 1.165) is 22.0 Å². The summed E-state index contributed by atoms with van der Waals surface area (Å²) in [6, 6.07) is 19.8. The first-order chi connectivity index (χ1) is 10.6. The Morgan fingerprint density at radius 2 is 1.77 bits per heavy atom. The quantitative estimate of drug-likeness (QED) is 0.534. The van der Waals surface area contributed by atoms with Gasteiger partial charge in [0.2, 0.25) is 0 Å². The standard InChI is InChI=1S/C18H15N2O2/c1-19(2)16-10-9-13-11-15(8-7-14(13)12-16)17-5-3-4-6-18(17)20(21)22/h3-4,6-12H,1-2H3. The summed E-state index contributed by atoms with van der Waals surface area (Å²) in [5.74, 6) is 0. The fourth-order valence-corrected chi connectivity index (χ4v) is 2.48. The summed E-state index contributed by atoms with van der Waals surface area (Å²) in [7, 11) is 4.00. The minimum atomic E-state index is -0.370. The van der Waals surface area contributed by atoms with Gasteiger partial charge in [-0.3, -0.25) is 10.1 Å². The van der Waals surface area contributed by atoms with E-state index in [1.54, 1.807) is 12.1 Å². The van der Waals surface area contributed by atoms with Crippen molar-refractivity contribution in [3.05, 3.63) is 70.8 Å². The van der Waals surface area contributed by atoms with Crippen LogP contribution in [0.4, 0.5) is 11.4 Å². The van der Waals surface area contributed by atoms with Crippen molar-refractivity contribution in [2.45, 2.75) is 0 Å². The molecule has 0 aliphatic carbocycles. The normalized spacial score (nSPS) is 10.6. The Morgan fingerprint density at radius 1 is 1.05 bits per heavy atom. The Labute approximate surface area is 128 Å². The smallest absolute Gasteiger partial charge is 0.277 e. The molecule has 1 radical (unpaired) electrons. The summed E-state index contributed by atoms with van der Waals surface area (Å²) in [6.45, 7) is 0. The molecule has 0 bridgehead atoms. The van der Waals surface area contributed by atoms with Crippen molar-refractivity contribution in [1.29, 1.82) is 0 Å². The van der Waals surface area contributed by atoms with Crippen LogP contribution in [0.3, 0.4) is 0 Å². The summed E-state index contributed by atoms with van der Waals surface area (Å²) >= 11 is 0. The molecule has 0 amide bonds. The maximum Gasteiger partial charge on any atom is 0.277 e. The molecule has 0 spiro atoms. The van der Waals surface area contributed by atoms with Crippen molar-refractivity contribution in [2.75, 3.05) is 19.0 Å². The number of hydrogen-bond acceptors (Lipinski definition) is 3. The highest BCUT2D eigenvalue weighted by Gasteiger charge is 2.14. The van der Waals surface area contributed by atoms with E-state index in [1.807, 2.05) is 49.3 Å². The molecule has 0 heterocycles. The van der Waals surface area contributed by atoms with Crippen LogP contribution in [0, 0.1) is 16.2 Å². The van der Waals surface area contributed by atoms with Crippen LogP contribution in [0.1, 0.15) is 0 Å². The lowest BCUT2D eigenvalue weighted by molar-refractivity contribution is -0.384. The molecule has 4 nitrogen and oxygen atoms in total.